The van der Waals surface area contributed by atoms with Gasteiger partial charge in [0.1, 0.15) is 0 Å². The van der Waals surface area contributed by atoms with Crippen molar-refractivity contribution in [3.8, 4) is 11.1 Å². The molecule has 0 radical (unpaired) electrons. The summed E-state index contributed by atoms with van der Waals surface area (Å²) in [5.74, 6) is -0.221. The molecule has 2 nitrogen and oxygen atoms in total. The normalized spacial score (nSPS) is 12.0. The predicted molar refractivity (Wildman–Crippen MR) is 119 cm³/mol. The maximum Gasteiger partial charge on any atom is 0.338 e. The molecule has 2 aromatic rings. The number of benzene rings is 2. The van der Waals surface area contributed by atoms with E-state index in [0.717, 1.165) is 24.8 Å². The smallest absolute Gasteiger partial charge is 0.338 e. The summed E-state index contributed by atoms with van der Waals surface area (Å²) in [6.07, 6.45) is 10.7. The Kier molecular flexibility index (Phi) is 9.82. The minimum Gasteiger partial charge on any atom is -0.459 e. The van der Waals surface area contributed by atoms with E-state index in [1.54, 1.807) is 0 Å². The highest BCUT2D eigenvalue weighted by molar-refractivity contribution is 5.90. The summed E-state index contributed by atoms with van der Waals surface area (Å²) >= 11 is 0. The van der Waals surface area contributed by atoms with Crippen molar-refractivity contribution < 1.29 is 9.53 Å². The first-order chi connectivity index (χ1) is 13.6. The van der Waals surface area contributed by atoms with Crippen LogP contribution in [0.1, 0.15) is 88.1 Å². The Bertz CT molecular complexity index is 685. The molecule has 2 rings (SSSR count). The van der Waals surface area contributed by atoms with Crippen molar-refractivity contribution in [3.63, 3.8) is 0 Å². The van der Waals surface area contributed by atoms with Crippen LogP contribution in [0.4, 0.5) is 0 Å². The first-order valence-corrected chi connectivity index (χ1v) is 11.0. The van der Waals surface area contributed by atoms with Crippen molar-refractivity contribution in [1.82, 2.24) is 0 Å². The zero-order valence-corrected chi connectivity index (χ0v) is 17.9. The molecule has 0 bridgehead atoms. The topological polar surface area (TPSA) is 26.3 Å². The van der Waals surface area contributed by atoms with Gasteiger partial charge in [0.05, 0.1) is 11.7 Å². The van der Waals surface area contributed by atoms with Gasteiger partial charge in [-0.25, -0.2) is 4.79 Å². The van der Waals surface area contributed by atoms with E-state index >= 15 is 0 Å². The molecule has 1 unspecified atom stereocenters. The lowest BCUT2D eigenvalue weighted by Crippen LogP contribution is -2.15. The minimum absolute atomic E-state index is 0.0238. The average Bonchev–Trinajstić information content (AvgIpc) is 2.72. The molecule has 0 aliphatic rings. The molecule has 0 amide bonds. The van der Waals surface area contributed by atoms with Crippen molar-refractivity contribution in [2.75, 3.05) is 0 Å². The summed E-state index contributed by atoms with van der Waals surface area (Å²) in [6, 6.07) is 16.5. The van der Waals surface area contributed by atoms with Crippen LogP contribution in [-0.2, 0) is 11.2 Å². The van der Waals surface area contributed by atoms with Crippen molar-refractivity contribution in [2.24, 2.45) is 0 Å². The van der Waals surface area contributed by atoms with Crippen LogP contribution in [0, 0.1) is 0 Å². The van der Waals surface area contributed by atoms with Gasteiger partial charge in [0, 0.05) is 0 Å². The lowest BCUT2D eigenvalue weighted by atomic mass is 10.0. The Labute approximate surface area is 171 Å². The number of esters is 1. The summed E-state index contributed by atoms with van der Waals surface area (Å²) in [4.78, 5) is 12.3. The lowest BCUT2D eigenvalue weighted by molar-refractivity contribution is 0.0319. The predicted octanol–water partition coefficient (Wildman–Crippen LogP) is 7.60. The van der Waals surface area contributed by atoms with E-state index in [9.17, 15) is 4.79 Å². The molecule has 0 heterocycles. The van der Waals surface area contributed by atoms with Crippen LogP contribution in [-0.4, -0.2) is 12.1 Å². The fourth-order valence-corrected chi connectivity index (χ4v) is 3.41. The number of carbonyl (C=O) groups excluding carboxylic acids is 1. The molecule has 0 spiro atoms. The number of ether oxygens (including phenoxy) is 1. The lowest BCUT2D eigenvalue weighted by Gasteiger charge is -2.13. The van der Waals surface area contributed by atoms with Gasteiger partial charge < -0.3 is 4.74 Å². The van der Waals surface area contributed by atoms with Crippen molar-refractivity contribution >= 4 is 5.97 Å². The summed E-state index contributed by atoms with van der Waals surface area (Å²) in [5, 5.41) is 0. The Morgan fingerprint density at radius 2 is 1.36 bits per heavy atom. The van der Waals surface area contributed by atoms with Crippen LogP contribution >= 0.6 is 0 Å². The Morgan fingerprint density at radius 3 is 1.96 bits per heavy atom. The second-order valence-corrected chi connectivity index (χ2v) is 7.80. The molecule has 1 atom stereocenters. The monoisotopic (exact) mass is 380 g/mol. The number of rotatable bonds is 12. The van der Waals surface area contributed by atoms with Gasteiger partial charge in [0.15, 0.2) is 0 Å². The second kappa shape index (κ2) is 12.4. The molecule has 0 aliphatic carbocycles. The van der Waals surface area contributed by atoms with Gasteiger partial charge >= 0.3 is 5.97 Å². The second-order valence-electron chi connectivity index (χ2n) is 7.80. The van der Waals surface area contributed by atoms with Gasteiger partial charge in [0.25, 0.3) is 0 Å². The van der Waals surface area contributed by atoms with Gasteiger partial charge in [-0.1, -0.05) is 82.3 Å². The van der Waals surface area contributed by atoms with Crippen molar-refractivity contribution in [3.05, 3.63) is 59.7 Å². The SMILES string of the molecule is CCCCCCC(C)OC(=O)c1ccc(-c2ccc(CCCCC)cc2)cc1. The van der Waals surface area contributed by atoms with Gasteiger partial charge in [-0.15, -0.1) is 0 Å². The van der Waals surface area contributed by atoms with Crippen LogP contribution < -0.4 is 0 Å². The maximum absolute atomic E-state index is 12.3. The molecule has 2 aromatic carbocycles. The quantitative estimate of drug-likeness (QED) is 0.280. The molecule has 0 saturated heterocycles. The van der Waals surface area contributed by atoms with Crippen molar-refractivity contribution in [2.45, 2.75) is 84.7 Å². The largest absolute Gasteiger partial charge is 0.459 e. The van der Waals surface area contributed by atoms with Crippen molar-refractivity contribution in [1.29, 1.82) is 0 Å². The first-order valence-electron chi connectivity index (χ1n) is 11.0. The first kappa shape index (κ1) is 22.2. The maximum atomic E-state index is 12.3. The number of carbonyl (C=O) groups is 1. The summed E-state index contributed by atoms with van der Waals surface area (Å²) in [7, 11) is 0. The average molecular weight is 381 g/mol. The molecule has 0 N–H and O–H groups in total. The van der Waals surface area contributed by atoms with E-state index in [2.05, 4.69) is 38.1 Å². The summed E-state index contributed by atoms with van der Waals surface area (Å²) < 4.78 is 5.59. The van der Waals surface area contributed by atoms with Gasteiger partial charge in [-0.3, -0.25) is 0 Å². The van der Waals surface area contributed by atoms with E-state index in [1.807, 2.05) is 31.2 Å². The third kappa shape index (κ3) is 7.50. The Hall–Kier alpha value is -2.09. The summed E-state index contributed by atoms with van der Waals surface area (Å²) in [5.41, 5.74) is 4.33. The van der Waals surface area contributed by atoms with E-state index in [1.165, 1.54) is 49.7 Å². The fraction of sp³-hybridized carbons (Fsp3) is 0.500. The highest BCUT2D eigenvalue weighted by Crippen LogP contribution is 2.22. The number of aryl methyl sites for hydroxylation is 1. The highest BCUT2D eigenvalue weighted by atomic mass is 16.5. The number of hydrogen-bond acceptors (Lipinski definition) is 2. The molecule has 0 aromatic heterocycles. The zero-order chi connectivity index (χ0) is 20.2. The number of hydrogen-bond donors (Lipinski definition) is 0. The number of unbranched alkanes of at least 4 members (excludes halogenated alkanes) is 5. The molecule has 152 valence electrons. The molecule has 0 aliphatic heterocycles. The van der Waals surface area contributed by atoms with Crippen LogP contribution in [0.15, 0.2) is 48.5 Å². The summed E-state index contributed by atoms with van der Waals surface area (Å²) in [6.45, 7) is 6.42. The van der Waals surface area contributed by atoms with Crippen LogP contribution in [0.3, 0.4) is 0 Å². The van der Waals surface area contributed by atoms with Crippen LogP contribution in [0.2, 0.25) is 0 Å². The molecular formula is C26H36O2. The van der Waals surface area contributed by atoms with Gasteiger partial charge in [-0.05, 0) is 61.4 Å². The Balaban J connectivity index is 1.87. The van der Waals surface area contributed by atoms with Gasteiger partial charge in [-0.2, -0.15) is 0 Å². The molecular weight excluding hydrogens is 344 g/mol. The Morgan fingerprint density at radius 1 is 0.786 bits per heavy atom. The minimum atomic E-state index is -0.221. The molecule has 28 heavy (non-hydrogen) atoms. The van der Waals surface area contributed by atoms with E-state index in [-0.39, 0.29) is 12.1 Å². The zero-order valence-electron chi connectivity index (χ0n) is 17.9. The van der Waals surface area contributed by atoms with Gasteiger partial charge in [0.2, 0.25) is 0 Å². The molecule has 0 saturated carbocycles. The van der Waals surface area contributed by atoms with E-state index < -0.39 is 0 Å². The van der Waals surface area contributed by atoms with E-state index in [0.29, 0.717) is 5.56 Å². The molecule has 0 fully saturated rings. The third-order valence-electron chi connectivity index (χ3n) is 5.25. The third-order valence-corrected chi connectivity index (χ3v) is 5.25. The standard InChI is InChI=1S/C26H36O2/c1-4-6-8-10-11-21(3)28-26(27)25-19-17-24(18-20-25)23-15-13-22(14-16-23)12-9-7-5-2/h13-21H,4-12H2,1-3H3. The highest BCUT2D eigenvalue weighted by Gasteiger charge is 2.12. The molecule has 2 heteroatoms. The van der Waals surface area contributed by atoms with Crippen LogP contribution in [0.25, 0.3) is 11.1 Å². The van der Waals surface area contributed by atoms with Crippen LogP contribution in [0.5, 0.6) is 0 Å². The van der Waals surface area contributed by atoms with E-state index in [4.69, 9.17) is 4.74 Å². The fourth-order valence-electron chi connectivity index (χ4n) is 3.41.